The summed E-state index contributed by atoms with van der Waals surface area (Å²) >= 11 is 0. The van der Waals surface area contributed by atoms with Crippen LogP contribution in [0.5, 0.6) is 0 Å². The molecule has 1 amide bonds. The van der Waals surface area contributed by atoms with Crippen LogP contribution in [0.15, 0.2) is 43.1 Å². The summed E-state index contributed by atoms with van der Waals surface area (Å²) in [5.74, 6) is -0.787. The third-order valence-corrected chi connectivity index (χ3v) is 3.71. The smallest absolute Gasteiger partial charge is 0.338 e. The minimum absolute atomic E-state index is 0.105. The molecule has 0 fully saturated rings. The fraction of sp³-hybridized carbons (Fsp3) is 0.111. The number of aromatic nitrogens is 3. The van der Waals surface area contributed by atoms with E-state index in [2.05, 4.69) is 26.8 Å². The van der Waals surface area contributed by atoms with Crippen molar-refractivity contribution in [2.75, 3.05) is 5.32 Å². The Morgan fingerprint density at radius 2 is 2.16 bits per heavy atom. The third-order valence-electron chi connectivity index (χ3n) is 3.71. The second kappa shape index (κ2) is 6.56. The third kappa shape index (κ3) is 3.12. The second-order valence-corrected chi connectivity index (χ2v) is 5.35. The Morgan fingerprint density at radius 1 is 1.36 bits per heavy atom. The summed E-state index contributed by atoms with van der Waals surface area (Å²) in [5.41, 5.74) is 2.34. The molecule has 0 unspecified atom stereocenters. The van der Waals surface area contributed by atoms with Crippen molar-refractivity contribution in [2.45, 2.75) is 13.3 Å². The summed E-state index contributed by atoms with van der Waals surface area (Å²) in [7, 11) is 0. The summed E-state index contributed by atoms with van der Waals surface area (Å²) < 4.78 is 0. The molecule has 0 atom stereocenters. The summed E-state index contributed by atoms with van der Waals surface area (Å²) in [6.45, 7) is 5.35. The number of carbonyl (C=O) groups excluding carboxylic acids is 1. The van der Waals surface area contributed by atoms with Crippen molar-refractivity contribution < 1.29 is 14.7 Å². The van der Waals surface area contributed by atoms with Crippen LogP contribution < -0.4 is 5.32 Å². The number of aromatic carboxylic acids is 1. The Bertz CT molecular complexity index is 991. The van der Waals surface area contributed by atoms with Crippen LogP contribution in [0.3, 0.4) is 0 Å². The van der Waals surface area contributed by atoms with Crippen LogP contribution in [-0.2, 0) is 11.2 Å². The van der Waals surface area contributed by atoms with Gasteiger partial charge in [0.05, 0.1) is 16.6 Å². The molecule has 25 heavy (non-hydrogen) atoms. The van der Waals surface area contributed by atoms with Gasteiger partial charge >= 0.3 is 5.97 Å². The van der Waals surface area contributed by atoms with Crippen molar-refractivity contribution in [2.24, 2.45) is 0 Å². The molecule has 126 valence electrons. The monoisotopic (exact) mass is 336 g/mol. The minimum Gasteiger partial charge on any atom is -0.478 e. The van der Waals surface area contributed by atoms with Gasteiger partial charge in [0, 0.05) is 23.9 Å². The van der Waals surface area contributed by atoms with Gasteiger partial charge in [-0.25, -0.2) is 14.8 Å². The van der Waals surface area contributed by atoms with E-state index in [4.69, 9.17) is 0 Å². The molecule has 7 heteroatoms. The molecule has 3 N–H and O–H groups in total. The van der Waals surface area contributed by atoms with Gasteiger partial charge in [0.25, 0.3) is 0 Å². The molecule has 3 rings (SSSR count). The van der Waals surface area contributed by atoms with Gasteiger partial charge in [-0.3, -0.25) is 4.79 Å². The van der Waals surface area contributed by atoms with Crippen LogP contribution in [0, 0.1) is 0 Å². The highest BCUT2D eigenvalue weighted by Gasteiger charge is 2.19. The zero-order chi connectivity index (χ0) is 18.0. The Morgan fingerprint density at radius 3 is 2.84 bits per heavy atom. The largest absolute Gasteiger partial charge is 0.478 e. The zero-order valence-electron chi connectivity index (χ0n) is 13.5. The van der Waals surface area contributed by atoms with E-state index in [9.17, 15) is 14.7 Å². The standard InChI is InChI=1S/C18H16N4O3/c1-3-13-21-16(15-12(18(24)25)9-19-17(15)22-13)10-6-5-7-11(8-10)20-14(23)4-2/h4-9H,2-3H2,1H3,(H,20,23)(H,24,25)(H,19,21,22). The molecule has 2 aromatic heterocycles. The van der Waals surface area contributed by atoms with Crippen molar-refractivity contribution in [3.05, 3.63) is 54.5 Å². The molecule has 0 bridgehead atoms. The van der Waals surface area contributed by atoms with Crippen LogP contribution in [0.25, 0.3) is 22.3 Å². The number of hydrogen-bond donors (Lipinski definition) is 3. The number of fused-ring (bicyclic) bond motifs is 1. The average molecular weight is 336 g/mol. The average Bonchev–Trinajstić information content (AvgIpc) is 3.05. The summed E-state index contributed by atoms with van der Waals surface area (Å²) in [5, 5.41) is 12.6. The van der Waals surface area contributed by atoms with Crippen LogP contribution in [0.1, 0.15) is 23.1 Å². The topological polar surface area (TPSA) is 108 Å². The van der Waals surface area contributed by atoms with Crippen molar-refractivity contribution >= 4 is 28.6 Å². The quantitative estimate of drug-likeness (QED) is 0.621. The maximum absolute atomic E-state index is 11.5. The molecule has 0 saturated carbocycles. The number of aromatic amines is 1. The number of nitrogens with one attached hydrogen (secondary N) is 2. The Hall–Kier alpha value is -3.48. The van der Waals surface area contributed by atoms with Gasteiger partial charge in [-0.2, -0.15) is 0 Å². The maximum Gasteiger partial charge on any atom is 0.338 e. The molecule has 0 aliphatic carbocycles. The number of benzene rings is 1. The van der Waals surface area contributed by atoms with Crippen molar-refractivity contribution in [3.8, 4) is 11.3 Å². The van der Waals surface area contributed by atoms with Crippen LogP contribution in [-0.4, -0.2) is 31.9 Å². The molecule has 0 radical (unpaired) electrons. The lowest BCUT2D eigenvalue weighted by molar-refractivity contribution is -0.111. The number of anilines is 1. The van der Waals surface area contributed by atoms with Gasteiger partial charge in [0.2, 0.25) is 5.91 Å². The summed E-state index contributed by atoms with van der Waals surface area (Å²) in [6.07, 6.45) is 3.20. The maximum atomic E-state index is 11.5. The molecule has 2 heterocycles. The first-order valence-corrected chi connectivity index (χ1v) is 7.68. The van der Waals surface area contributed by atoms with Crippen LogP contribution in [0.4, 0.5) is 5.69 Å². The number of carboxylic acids is 1. The Labute approximate surface area is 143 Å². The molecule has 7 nitrogen and oxygen atoms in total. The number of nitrogens with zero attached hydrogens (tertiary/aromatic N) is 2. The molecule has 0 spiro atoms. The van der Waals surface area contributed by atoms with Crippen molar-refractivity contribution in [1.29, 1.82) is 0 Å². The predicted octanol–water partition coefficient (Wildman–Crippen LogP) is 3.01. The van der Waals surface area contributed by atoms with Gasteiger partial charge in [-0.15, -0.1) is 0 Å². The van der Waals surface area contributed by atoms with Gasteiger partial charge < -0.3 is 15.4 Å². The normalized spacial score (nSPS) is 10.6. The number of carboxylic acid groups (broad SMARTS) is 1. The summed E-state index contributed by atoms with van der Waals surface area (Å²) in [6, 6.07) is 7.05. The van der Waals surface area contributed by atoms with E-state index in [0.29, 0.717) is 40.2 Å². The van der Waals surface area contributed by atoms with E-state index in [0.717, 1.165) is 0 Å². The number of rotatable bonds is 5. The Balaban J connectivity index is 2.21. The highest BCUT2D eigenvalue weighted by molar-refractivity contribution is 6.08. The molecule has 0 aliphatic heterocycles. The highest BCUT2D eigenvalue weighted by atomic mass is 16.4. The van der Waals surface area contributed by atoms with E-state index in [-0.39, 0.29) is 11.5 Å². The van der Waals surface area contributed by atoms with E-state index in [1.54, 1.807) is 18.2 Å². The number of amides is 1. The zero-order valence-corrected chi connectivity index (χ0v) is 13.5. The molecule has 3 aromatic rings. The summed E-state index contributed by atoms with van der Waals surface area (Å²) in [4.78, 5) is 34.8. The second-order valence-electron chi connectivity index (χ2n) is 5.35. The van der Waals surface area contributed by atoms with Crippen LogP contribution in [0.2, 0.25) is 0 Å². The van der Waals surface area contributed by atoms with E-state index in [1.807, 2.05) is 13.0 Å². The lowest BCUT2D eigenvalue weighted by Gasteiger charge is -2.09. The molecule has 1 aromatic carbocycles. The first kappa shape index (κ1) is 16.4. The lowest BCUT2D eigenvalue weighted by atomic mass is 10.1. The van der Waals surface area contributed by atoms with E-state index in [1.165, 1.54) is 12.3 Å². The van der Waals surface area contributed by atoms with E-state index < -0.39 is 5.97 Å². The Kier molecular flexibility index (Phi) is 4.30. The van der Waals surface area contributed by atoms with Gasteiger partial charge in [-0.05, 0) is 18.2 Å². The molecular weight excluding hydrogens is 320 g/mol. The SMILES string of the molecule is C=CC(=O)Nc1cccc(-c2nc(CC)nc3[nH]cc(C(=O)O)c23)c1. The number of H-pyrrole nitrogens is 1. The van der Waals surface area contributed by atoms with Gasteiger partial charge in [-0.1, -0.05) is 25.6 Å². The van der Waals surface area contributed by atoms with E-state index >= 15 is 0 Å². The van der Waals surface area contributed by atoms with Crippen LogP contribution >= 0.6 is 0 Å². The molecule has 0 aliphatic rings. The number of hydrogen-bond acceptors (Lipinski definition) is 4. The van der Waals surface area contributed by atoms with Gasteiger partial charge in [0.15, 0.2) is 0 Å². The number of carbonyl (C=O) groups is 2. The number of aryl methyl sites for hydroxylation is 1. The first-order valence-electron chi connectivity index (χ1n) is 7.68. The van der Waals surface area contributed by atoms with Gasteiger partial charge in [0.1, 0.15) is 11.5 Å². The van der Waals surface area contributed by atoms with Crippen molar-refractivity contribution in [1.82, 2.24) is 15.0 Å². The fourth-order valence-corrected chi connectivity index (χ4v) is 2.55. The molecular formula is C18H16N4O3. The predicted molar refractivity (Wildman–Crippen MR) is 94.5 cm³/mol. The fourth-order valence-electron chi connectivity index (χ4n) is 2.55. The van der Waals surface area contributed by atoms with Crippen molar-refractivity contribution in [3.63, 3.8) is 0 Å². The lowest BCUT2D eigenvalue weighted by Crippen LogP contribution is -2.07. The molecule has 0 saturated heterocycles. The highest BCUT2D eigenvalue weighted by Crippen LogP contribution is 2.30. The minimum atomic E-state index is -1.06. The first-order chi connectivity index (χ1) is 12.0.